The minimum atomic E-state index is -0.242. The van der Waals surface area contributed by atoms with Crippen molar-refractivity contribution in [2.24, 2.45) is 5.10 Å². The van der Waals surface area contributed by atoms with Crippen LogP contribution in [0.2, 0.25) is 5.02 Å². The van der Waals surface area contributed by atoms with Crippen LogP contribution in [0.1, 0.15) is 19.4 Å². The summed E-state index contributed by atoms with van der Waals surface area (Å²) in [6, 6.07) is 13.8. The van der Waals surface area contributed by atoms with Gasteiger partial charge in [-0.2, -0.15) is 5.10 Å². The first-order valence-corrected chi connectivity index (χ1v) is 10.3. The van der Waals surface area contributed by atoms with Crippen LogP contribution in [0.25, 0.3) is 11.4 Å². The van der Waals surface area contributed by atoms with Gasteiger partial charge in [0.1, 0.15) is 0 Å². The van der Waals surface area contributed by atoms with E-state index in [0.717, 1.165) is 17.0 Å². The van der Waals surface area contributed by atoms with Crippen LogP contribution in [-0.2, 0) is 11.3 Å². The van der Waals surface area contributed by atoms with E-state index in [1.54, 1.807) is 19.1 Å². The van der Waals surface area contributed by atoms with Crippen molar-refractivity contribution in [1.82, 2.24) is 15.6 Å². The lowest BCUT2D eigenvalue weighted by Crippen LogP contribution is -2.36. The molecule has 7 nitrogen and oxygen atoms in total. The summed E-state index contributed by atoms with van der Waals surface area (Å²) in [4.78, 5) is 12.2. The van der Waals surface area contributed by atoms with Crippen LogP contribution in [-0.4, -0.2) is 27.6 Å². The first kappa shape index (κ1) is 20.9. The highest BCUT2D eigenvalue weighted by molar-refractivity contribution is 7.99. The molecule has 0 unspecified atom stereocenters. The van der Waals surface area contributed by atoms with E-state index in [-0.39, 0.29) is 17.4 Å². The van der Waals surface area contributed by atoms with E-state index in [1.807, 2.05) is 35.8 Å². The summed E-state index contributed by atoms with van der Waals surface area (Å²) < 4.78 is 2.00. The molecular weight excluding hydrogens is 410 g/mol. The molecule has 0 spiro atoms. The number of nitrogens with one attached hydrogen (secondary N) is 2. The molecule has 0 fully saturated rings. The fraction of sp³-hybridized carbons (Fsp3) is 0.200. The van der Waals surface area contributed by atoms with Gasteiger partial charge in [0.15, 0.2) is 0 Å². The topological polar surface area (TPSA) is 97.1 Å². The number of hydrogen-bond donors (Lipinski definition) is 2. The van der Waals surface area contributed by atoms with Gasteiger partial charge >= 0.3 is 5.16 Å². The predicted octanol–water partition coefficient (Wildman–Crippen LogP) is 2.74. The number of hydrazone groups is 1. The second kappa shape index (κ2) is 9.58. The van der Waals surface area contributed by atoms with Crippen molar-refractivity contribution in [3.05, 3.63) is 59.1 Å². The van der Waals surface area contributed by atoms with Crippen molar-refractivity contribution in [3.8, 4) is 17.1 Å². The molecule has 0 radical (unpaired) electrons. The van der Waals surface area contributed by atoms with Crippen LogP contribution < -0.4 is 15.1 Å². The highest BCUT2D eigenvalue weighted by Gasteiger charge is 2.21. The van der Waals surface area contributed by atoms with Crippen LogP contribution in [0.15, 0.2) is 58.8 Å². The zero-order valence-corrected chi connectivity index (χ0v) is 17.5. The summed E-state index contributed by atoms with van der Waals surface area (Å²) in [6.45, 7) is 4.48. The summed E-state index contributed by atoms with van der Waals surface area (Å²) in [5.74, 6) is 0.709. The summed E-state index contributed by atoms with van der Waals surface area (Å²) in [6.07, 6.45) is 0. The van der Waals surface area contributed by atoms with Crippen LogP contribution in [0.4, 0.5) is 0 Å². The number of hydrogen-bond acceptors (Lipinski definition) is 5. The molecule has 0 saturated heterocycles. The monoisotopic (exact) mass is 429 g/mol. The molecule has 0 saturated carbocycles. The lowest BCUT2D eigenvalue weighted by molar-refractivity contribution is -0.719. The molecule has 1 aromatic heterocycles. The largest absolute Gasteiger partial charge is 0.872 e. The van der Waals surface area contributed by atoms with Gasteiger partial charge in [-0.15, -0.1) is 10.8 Å². The molecule has 1 heterocycles. The highest BCUT2D eigenvalue weighted by atomic mass is 35.5. The second-order valence-electron chi connectivity index (χ2n) is 6.15. The van der Waals surface area contributed by atoms with E-state index in [9.17, 15) is 9.90 Å². The number of benzene rings is 2. The van der Waals surface area contributed by atoms with Crippen LogP contribution in [0.5, 0.6) is 5.75 Å². The van der Waals surface area contributed by atoms with Crippen molar-refractivity contribution in [1.29, 1.82) is 0 Å². The summed E-state index contributed by atoms with van der Waals surface area (Å²) >= 11 is 7.27. The molecule has 0 aliphatic carbocycles. The second-order valence-corrected chi connectivity index (χ2v) is 7.53. The lowest BCUT2D eigenvalue weighted by Gasteiger charge is -2.06. The van der Waals surface area contributed by atoms with E-state index >= 15 is 0 Å². The number of halogens is 1. The Kier molecular flexibility index (Phi) is 6.90. The number of aromatic amines is 1. The Labute approximate surface area is 177 Å². The molecule has 9 heteroatoms. The number of carbonyl (C=O) groups excluding carboxylic acids is 1. The number of rotatable bonds is 7. The zero-order valence-electron chi connectivity index (χ0n) is 16.0. The summed E-state index contributed by atoms with van der Waals surface area (Å²) in [5.41, 5.74) is 4.90. The average molecular weight is 430 g/mol. The molecule has 3 rings (SSSR count). The van der Waals surface area contributed by atoms with Crippen LogP contribution in [0, 0.1) is 0 Å². The summed E-state index contributed by atoms with van der Waals surface area (Å²) in [7, 11) is 0. The Balaban J connectivity index is 1.62. The molecular formula is C20H20ClN5O2S. The smallest absolute Gasteiger partial charge is 0.337 e. The predicted molar refractivity (Wildman–Crippen MR) is 112 cm³/mol. The standard InChI is InChI=1S/C20H20ClN5O2S/c1-3-26-19(15-4-8-16(21)9-5-15)24-25-20(26)29-12-18(28)23-22-13(2)14-6-10-17(27)11-7-14/h4-11H,3,12H2,1-2H3,(H2,22,23,27,28). The SMILES string of the molecule is CC[n+]1c(SCC(=O)NN=C(C)c2ccc([O-])cc2)n[nH]c1-c1ccc(Cl)cc1. The maximum absolute atomic E-state index is 12.2. The molecule has 0 aliphatic heterocycles. The lowest BCUT2D eigenvalue weighted by atomic mass is 10.1. The molecule has 1 amide bonds. The quantitative estimate of drug-likeness (QED) is 0.261. The molecule has 0 bridgehead atoms. The van der Waals surface area contributed by atoms with E-state index < -0.39 is 0 Å². The Morgan fingerprint density at radius 3 is 2.59 bits per heavy atom. The minimum absolute atomic E-state index is 0.0665. The third-order valence-corrected chi connectivity index (χ3v) is 5.37. The first-order valence-electron chi connectivity index (χ1n) is 8.95. The normalized spacial score (nSPS) is 11.5. The molecule has 2 N–H and O–H groups in total. The van der Waals surface area contributed by atoms with Crippen molar-refractivity contribution >= 4 is 35.0 Å². The van der Waals surface area contributed by atoms with Gasteiger partial charge < -0.3 is 5.11 Å². The average Bonchev–Trinajstić information content (AvgIpc) is 3.14. The fourth-order valence-electron chi connectivity index (χ4n) is 2.62. The number of H-pyrrole nitrogens is 1. The number of nitrogens with zero attached hydrogens (tertiary/aromatic N) is 3. The van der Waals surface area contributed by atoms with Crippen LogP contribution >= 0.6 is 23.4 Å². The Bertz CT molecular complexity index is 1020. The van der Waals surface area contributed by atoms with Gasteiger partial charge in [0.05, 0.1) is 28.7 Å². The number of aromatic nitrogens is 3. The Morgan fingerprint density at radius 1 is 1.24 bits per heavy atom. The van der Waals surface area contributed by atoms with Crippen molar-refractivity contribution < 1.29 is 14.5 Å². The van der Waals surface area contributed by atoms with Gasteiger partial charge in [0.2, 0.25) is 0 Å². The highest BCUT2D eigenvalue weighted by Crippen LogP contribution is 2.19. The first-order chi connectivity index (χ1) is 14.0. The molecule has 3 aromatic rings. The third kappa shape index (κ3) is 5.36. The molecule has 0 aliphatic rings. The molecule has 0 atom stereocenters. The summed E-state index contributed by atoms with van der Waals surface area (Å²) in [5, 5.41) is 24.0. The van der Waals surface area contributed by atoms with Gasteiger partial charge in [-0.05, 0) is 55.4 Å². The number of amides is 1. The maximum atomic E-state index is 12.2. The van der Waals surface area contributed by atoms with E-state index in [0.29, 0.717) is 22.4 Å². The van der Waals surface area contributed by atoms with Gasteiger partial charge in [0.25, 0.3) is 11.7 Å². The van der Waals surface area contributed by atoms with Crippen LogP contribution in [0.3, 0.4) is 0 Å². The van der Waals surface area contributed by atoms with Gasteiger partial charge in [-0.1, -0.05) is 35.9 Å². The molecule has 29 heavy (non-hydrogen) atoms. The van der Waals surface area contributed by atoms with E-state index in [1.165, 1.54) is 23.9 Å². The fourth-order valence-corrected chi connectivity index (χ4v) is 3.56. The van der Waals surface area contributed by atoms with E-state index in [4.69, 9.17) is 11.6 Å². The Morgan fingerprint density at radius 2 is 1.93 bits per heavy atom. The minimum Gasteiger partial charge on any atom is -0.872 e. The van der Waals surface area contributed by atoms with Crippen molar-refractivity contribution in [3.63, 3.8) is 0 Å². The van der Waals surface area contributed by atoms with E-state index in [2.05, 4.69) is 20.7 Å². The zero-order chi connectivity index (χ0) is 20.8. The third-order valence-electron chi connectivity index (χ3n) is 4.14. The van der Waals surface area contributed by atoms with Crippen molar-refractivity contribution in [2.75, 3.05) is 5.75 Å². The maximum Gasteiger partial charge on any atom is 0.337 e. The molecule has 2 aromatic carbocycles. The number of carbonyl (C=O) groups is 1. The Hall–Kier alpha value is -2.84. The van der Waals surface area contributed by atoms with Gasteiger partial charge in [-0.25, -0.2) is 9.99 Å². The van der Waals surface area contributed by atoms with Crippen molar-refractivity contribution in [2.45, 2.75) is 25.5 Å². The number of thioether (sulfide) groups is 1. The molecule has 150 valence electrons. The van der Waals surface area contributed by atoms with Gasteiger partial charge in [0, 0.05) is 5.02 Å². The van der Waals surface area contributed by atoms with Gasteiger partial charge in [-0.3, -0.25) is 4.79 Å².